The highest BCUT2D eigenvalue weighted by atomic mass is 127. The van der Waals surface area contributed by atoms with Gasteiger partial charge in [0.25, 0.3) is 0 Å². The quantitative estimate of drug-likeness (QED) is 0.473. The summed E-state index contributed by atoms with van der Waals surface area (Å²) >= 11 is 2.19. The highest BCUT2D eigenvalue weighted by molar-refractivity contribution is 14.1. The van der Waals surface area contributed by atoms with Gasteiger partial charge in [0, 0.05) is 28.8 Å². The fourth-order valence-electron chi connectivity index (χ4n) is 0.758. The summed E-state index contributed by atoms with van der Waals surface area (Å²) in [7, 11) is 0. The maximum absolute atomic E-state index is 11.2. The number of aromatic nitrogens is 1. The van der Waals surface area contributed by atoms with Gasteiger partial charge in [-0.2, -0.15) is 0 Å². The van der Waals surface area contributed by atoms with Gasteiger partial charge in [-0.1, -0.05) is 22.6 Å². The van der Waals surface area contributed by atoms with Gasteiger partial charge in [0.05, 0.1) is 0 Å². The van der Waals surface area contributed by atoms with Crippen LogP contribution < -0.4 is 0 Å². The monoisotopic (exact) mass is 261 g/mol. The Morgan fingerprint density at radius 3 is 3.00 bits per heavy atom. The number of alkyl halides is 1. The van der Waals surface area contributed by atoms with Crippen LogP contribution in [0.5, 0.6) is 0 Å². The van der Waals surface area contributed by atoms with Crippen molar-refractivity contribution in [3.63, 3.8) is 0 Å². The average Bonchev–Trinajstić information content (AvgIpc) is 2.07. The molecule has 2 nitrogen and oxygen atoms in total. The van der Waals surface area contributed by atoms with Gasteiger partial charge in [-0.25, -0.2) is 0 Å². The molecule has 0 radical (unpaired) electrons. The van der Waals surface area contributed by atoms with E-state index < -0.39 is 0 Å². The van der Waals surface area contributed by atoms with Crippen molar-refractivity contribution in [3.8, 4) is 0 Å². The molecule has 0 atom stereocenters. The zero-order valence-corrected chi connectivity index (χ0v) is 8.11. The number of rotatable bonds is 3. The summed E-state index contributed by atoms with van der Waals surface area (Å²) in [6, 6.07) is 3.57. The molecule has 3 heteroatoms. The average molecular weight is 261 g/mol. The SMILES string of the molecule is O=C(CCI)c1cccnc1. The molecular formula is C8H8INO. The molecule has 0 saturated carbocycles. The Hall–Kier alpha value is -0.450. The molecule has 0 N–H and O–H groups in total. The van der Waals surface area contributed by atoms with Crippen molar-refractivity contribution in [3.05, 3.63) is 30.1 Å². The van der Waals surface area contributed by atoms with E-state index in [0.717, 1.165) is 4.43 Å². The molecule has 58 valence electrons. The molecule has 0 amide bonds. The predicted molar refractivity (Wildman–Crippen MR) is 52.1 cm³/mol. The first-order valence-electron chi connectivity index (χ1n) is 3.34. The fourth-order valence-corrected chi connectivity index (χ4v) is 1.25. The zero-order valence-electron chi connectivity index (χ0n) is 5.96. The van der Waals surface area contributed by atoms with Crippen molar-refractivity contribution in [2.75, 3.05) is 4.43 Å². The molecule has 1 aromatic heterocycles. The van der Waals surface area contributed by atoms with Crippen LogP contribution in [0.3, 0.4) is 0 Å². The molecule has 0 unspecified atom stereocenters. The van der Waals surface area contributed by atoms with Crippen molar-refractivity contribution in [1.29, 1.82) is 0 Å². The minimum absolute atomic E-state index is 0.174. The summed E-state index contributed by atoms with van der Waals surface area (Å²) in [4.78, 5) is 15.1. The maximum Gasteiger partial charge on any atom is 0.165 e. The predicted octanol–water partition coefficient (Wildman–Crippen LogP) is 2.09. The number of hydrogen-bond donors (Lipinski definition) is 0. The summed E-state index contributed by atoms with van der Waals surface area (Å²) in [5.74, 6) is 0.174. The van der Waals surface area contributed by atoms with E-state index in [4.69, 9.17) is 0 Å². The van der Waals surface area contributed by atoms with E-state index in [1.54, 1.807) is 24.5 Å². The smallest absolute Gasteiger partial charge is 0.165 e. The fraction of sp³-hybridized carbons (Fsp3) is 0.250. The molecule has 1 rings (SSSR count). The van der Waals surface area contributed by atoms with Gasteiger partial charge in [-0.15, -0.1) is 0 Å². The van der Waals surface area contributed by atoms with Crippen LogP contribution in [0.2, 0.25) is 0 Å². The first kappa shape index (κ1) is 8.64. The molecule has 0 saturated heterocycles. The summed E-state index contributed by atoms with van der Waals surface area (Å²) in [6.07, 6.45) is 3.88. The van der Waals surface area contributed by atoms with Crippen molar-refractivity contribution in [1.82, 2.24) is 4.98 Å². The summed E-state index contributed by atoms with van der Waals surface area (Å²) < 4.78 is 0.867. The van der Waals surface area contributed by atoms with Crippen LogP contribution in [0.1, 0.15) is 16.8 Å². The summed E-state index contributed by atoms with van der Waals surface area (Å²) in [5, 5.41) is 0. The van der Waals surface area contributed by atoms with Crippen molar-refractivity contribution < 1.29 is 4.79 Å². The zero-order chi connectivity index (χ0) is 8.10. The minimum atomic E-state index is 0.174. The number of Topliss-reactive ketones (excluding diaryl/α,β-unsaturated/α-hetero) is 1. The van der Waals surface area contributed by atoms with E-state index in [9.17, 15) is 4.79 Å². The number of carbonyl (C=O) groups is 1. The van der Waals surface area contributed by atoms with Gasteiger partial charge < -0.3 is 0 Å². The van der Waals surface area contributed by atoms with Gasteiger partial charge in [-0.05, 0) is 12.1 Å². The number of halogens is 1. The third-order valence-corrected chi connectivity index (χ3v) is 1.84. The topological polar surface area (TPSA) is 30.0 Å². The number of pyridine rings is 1. The Kier molecular flexibility index (Phi) is 3.48. The van der Waals surface area contributed by atoms with Gasteiger partial charge in [-0.3, -0.25) is 9.78 Å². The molecule has 0 bridgehead atoms. The second kappa shape index (κ2) is 4.43. The van der Waals surface area contributed by atoms with E-state index in [1.807, 2.05) is 0 Å². The second-order valence-electron chi connectivity index (χ2n) is 2.10. The van der Waals surface area contributed by atoms with Crippen molar-refractivity contribution in [2.45, 2.75) is 6.42 Å². The number of nitrogens with zero attached hydrogens (tertiary/aromatic N) is 1. The summed E-state index contributed by atoms with van der Waals surface area (Å²) in [5.41, 5.74) is 0.712. The molecule has 0 fully saturated rings. The van der Waals surface area contributed by atoms with Gasteiger partial charge in [0.15, 0.2) is 5.78 Å². The van der Waals surface area contributed by atoms with E-state index in [1.165, 1.54) is 0 Å². The van der Waals surface area contributed by atoms with E-state index in [0.29, 0.717) is 12.0 Å². The molecule has 11 heavy (non-hydrogen) atoms. The Labute approximate surface area is 79.2 Å². The third-order valence-electron chi connectivity index (χ3n) is 1.31. The first-order valence-corrected chi connectivity index (χ1v) is 4.86. The number of ketones is 1. The molecular weight excluding hydrogens is 253 g/mol. The normalized spacial score (nSPS) is 9.55. The lowest BCUT2D eigenvalue weighted by Crippen LogP contribution is -1.99. The van der Waals surface area contributed by atoms with Crippen LogP contribution in [0.15, 0.2) is 24.5 Å². The molecule has 0 aliphatic carbocycles. The van der Waals surface area contributed by atoms with Gasteiger partial charge in [0.2, 0.25) is 0 Å². The number of carbonyl (C=O) groups excluding carboxylic acids is 1. The first-order chi connectivity index (χ1) is 5.34. The molecule has 0 aliphatic heterocycles. The lowest BCUT2D eigenvalue weighted by atomic mass is 10.1. The van der Waals surface area contributed by atoms with Crippen molar-refractivity contribution >= 4 is 28.4 Å². The Balaban J connectivity index is 2.69. The summed E-state index contributed by atoms with van der Waals surface area (Å²) in [6.45, 7) is 0. The van der Waals surface area contributed by atoms with Crippen LogP contribution in [-0.4, -0.2) is 15.2 Å². The largest absolute Gasteiger partial charge is 0.294 e. The molecule has 1 aromatic rings. The molecule has 0 aliphatic rings. The lowest BCUT2D eigenvalue weighted by molar-refractivity contribution is 0.0990. The molecule has 0 spiro atoms. The Morgan fingerprint density at radius 2 is 2.45 bits per heavy atom. The van der Waals surface area contributed by atoms with Gasteiger partial charge >= 0.3 is 0 Å². The van der Waals surface area contributed by atoms with Crippen LogP contribution in [0, 0.1) is 0 Å². The van der Waals surface area contributed by atoms with E-state index in [-0.39, 0.29) is 5.78 Å². The van der Waals surface area contributed by atoms with Crippen LogP contribution in [-0.2, 0) is 0 Å². The lowest BCUT2D eigenvalue weighted by Gasteiger charge is -1.94. The molecule has 0 aromatic carbocycles. The third kappa shape index (κ3) is 2.57. The second-order valence-corrected chi connectivity index (χ2v) is 3.18. The van der Waals surface area contributed by atoms with Crippen LogP contribution in [0.25, 0.3) is 0 Å². The van der Waals surface area contributed by atoms with Crippen molar-refractivity contribution in [2.24, 2.45) is 0 Å². The Morgan fingerprint density at radius 1 is 1.64 bits per heavy atom. The van der Waals surface area contributed by atoms with Crippen LogP contribution in [0.4, 0.5) is 0 Å². The highest BCUT2D eigenvalue weighted by Crippen LogP contribution is 2.02. The number of hydrogen-bond acceptors (Lipinski definition) is 2. The highest BCUT2D eigenvalue weighted by Gasteiger charge is 2.02. The standard InChI is InChI=1S/C8H8INO/c9-4-3-8(11)7-2-1-5-10-6-7/h1-2,5-6H,3-4H2. The Bertz CT molecular complexity index is 235. The van der Waals surface area contributed by atoms with E-state index in [2.05, 4.69) is 27.6 Å². The molecule has 1 heterocycles. The maximum atomic E-state index is 11.2. The van der Waals surface area contributed by atoms with Crippen LogP contribution >= 0.6 is 22.6 Å². The minimum Gasteiger partial charge on any atom is -0.294 e. The van der Waals surface area contributed by atoms with Gasteiger partial charge in [0.1, 0.15) is 0 Å². The van der Waals surface area contributed by atoms with E-state index >= 15 is 0 Å².